The van der Waals surface area contributed by atoms with Gasteiger partial charge >= 0.3 is 0 Å². The minimum atomic E-state index is -0.524. The minimum Gasteiger partial charge on any atom is -0.506 e. The number of phenolic OH excluding ortho intramolecular Hbond substituents is 1. The van der Waals surface area contributed by atoms with E-state index >= 15 is 0 Å². The van der Waals surface area contributed by atoms with Crippen molar-refractivity contribution < 1.29 is 23.9 Å². The van der Waals surface area contributed by atoms with Gasteiger partial charge in [0, 0.05) is 13.0 Å². The predicted octanol–water partition coefficient (Wildman–Crippen LogP) is 3.60. The van der Waals surface area contributed by atoms with Gasteiger partial charge in [0.25, 0.3) is 11.1 Å². The topological polar surface area (TPSA) is 86.7 Å². The van der Waals surface area contributed by atoms with Crippen LogP contribution < -0.4 is 5.32 Å². The first-order valence-electron chi connectivity index (χ1n) is 8.03. The Balaban J connectivity index is 1.62. The maximum absolute atomic E-state index is 13.2. The number of hydrogen-bond acceptors (Lipinski definition) is 5. The van der Waals surface area contributed by atoms with Crippen molar-refractivity contribution >= 4 is 40.6 Å². The van der Waals surface area contributed by atoms with Crippen molar-refractivity contribution in [1.29, 1.82) is 0 Å². The molecule has 0 unspecified atom stereocenters. The summed E-state index contributed by atoms with van der Waals surface area (Å²) in [5, 5.41) is 11.7. The molecule has 2 aromatic carbocycles. The first-order chi connectivity index (χ1) is 12.9. The molecule has 3 rings (SSSR count). The molecule has 0 radical (unpaired) electrons. The summed E-state index contributed by atoms with van der Waals surface area (Å²) < 4.78 is 13.2. The summed E-state index contributed by atoms with van der Waals surface area (Å²) in [6.07, 6.45) is 1.33. The lowest BCUT2D eigenvalue weighted by molar-refractivity contribution is -0.123. The Labute approximate surface area is 158 Å². The molecule has 1 aliphatic heterocycles. The third-order valence-corrected chi connectivity index (χ3v) is 4.67. The fraction of sp³-hybridized carbons (Fsp3) is 0.105. The van der Waals surface area contributed by atoms with Crippen LogP contribution in [0.3, 0.4) is 0 Å². The number of rotatable bonds is 5. The van der Waals surface area contributed by atoms with Gasteiger partial charge in [-0.15, -0.1) is 0 Å². The lowest BCUT2D eigenvalue weighted by Crippen LogP contribution is -2.31. The van der Waals surface area contributed by atoms with Gasteiger partial charge in [-0.3, -0.25) is 19.3 Å². The first-order valence-corrected chi connectivity index (χ1v) is 8.84. The van der Waals surface area contributed by atoms with Crippen molar-refractivity contribution in [3.63, 3.8) is 0 Å². The van der Waals surface area contributed by atoms with Gasteiger partial charge in [-0.25, -0.2) is 4.39 Å². The number of phenols is 1. The Morgan fingerprint density at radius 2 is 1.96 bits per heavy atom. The van der Waals surface area contributed by atoms with Gasteiger partial charge < -0.3 is 10.4 Å². The Kier molecular flexibility index (Phi) is 5.56. The zero-order chi connectivity index (χ0) is 19.4. The van der Waals surface area contributed by atoms with E-state index < -0.39 is 22.9 Å². The van der Waals surface area contributed by atoms with Crippen LogP contribution in [-0.2, 0) is 9.59 Å². The summed E-state index contributed by atoms with van der Waals surface area (Å²) in [7, 11) is 0. The molecular formula is C19H15FN2O4S. The molecule has 0 bridgehead atoms. The second kappa shape index (κ2) is 8.05. The molecular weight excluding hydrogens is 371 g/mol. The highest BCUT2D eigenvalue weighted by atomic mass is 32.2. The van der Waals surface area contributed by atoms with Crippen LogP contribution >= 0.6 is 11.8 Å². The van der Waals surface area contributed by atoms with Crippen molar-refractivity contribution in [3.8, 4) is 5.75 Å². The average molecular weight is 386 g/mol. The number of amides is 3. The fourth-order valence-electron chi connectivity index (χ4n) is 2.45. The number of imide groups is 1. The number of thioether (sulfide) groups is 1. The Bertz CT molecular complexity index is 945. The minimum absolute atomic E-state index is 0.0740. The van der Waals surface area contributed by atoms with Crippen LogP contribution in [0, 0.1) is 5.82 Å². The third-order valence-electron chi connectivity index (χ3n) is 3.76. The summed E-state index contributed by atoms with van der Waals surface area (Å²) in [5.74, 6) is -1.48. The van der Waals surface area contributed by atoms with Gasteiger partial charge in [-0.2, -0.15) is 0 Å². The smallest absolute Gasteiger partial charge is 0.293 e. The summed E-state index contributed by atoms with van der Waals surface area (Å²) in [6, 6.07) is 11.9. The summed E-state index contributed by atoms with van der Waals surface area (Å²) in [4.78, 5) is 37.6. The molecule has 0 saturated carbocycles. The SMILES string of the molecule is O=C(CCN1C(=O)SC(=Cc2cccc(F)c2)C1=O)Nc1ccccc1O. The Morgan fingerprint density at radius 3 is 2.70 bits per heavy atom. The Hall–Kier alpha value is -3.13. The molecule has 1 saturated heterocycles. The quantitative estimate of drug-likeness (QED) is 0.606. The van der Waals surface area contributed by atoms with Gasteiger partial charge in [0.05, 0.1) is 10.6 Å². The molecule has 0 atom stereocenters. The number of aromatic hydroxyl groups is 1. The first kappa shape index (κ1) is 18.7. The van der Waals surface area contributed by atoms with E-state index in [0.29, 0.717) is 5.56 Å². The van der Waals surface area contributed by atoms with Gasteiger partial charge in [0.15, 0.2) is 0 Å². The van der Waals surface area contributed by atoms with Crippen molar-refractivity contribution in [1.82, 2.24) is 4.90 Å². The molecule has 6 nitrogen and oxygen atoms in total. The molecule has 0 spiro atoms. The van der Waals surface area contributed by atoms with Crippen molar-refractivity contribution in [2.24, 2.45) is 0 Å². The number of anilines is 1. The molecule has 2 N–H and O–H groups in total. The molecule has 3 amide bonds. The van der Waals surface area contributed by atoms with E-state index in [1.54, 1.807) is 18.2 Å². The normalized spacial score (nSPS) is 15.4. The number of para-hydroxylation sites is 2. The molecule has 1 aliphatic rings. The molecule has 1 heterocycles. The number of benzene rings is 2. The van der Waals surface area contributed by atoms with E-state index in [-0.39, 0.29) is 29.3 Å². The fourth-order valence-corrected chi connectivity index (χ4v) is 3.31. The van der Waals surface area contributed by atoms with Gasteiger partial charge in [0.2, 0.25) is 5.91 Å². The summed E-state index contributed by atoms with van der Waals surface area (Å²) in [6.45, 7) is -0.0927. The molecule has 138 valence electrons. The van der Waals surface area contributed by atoms with Crippen LogP contribution in [0.25, 0.3) is 6.08 Å². The summed E-state index contributed by atoms with van der Waals surface area (Å²) >= 11 is 0.745. The van der Waals surface area contributed by atoms with E-state index in [2.05, 4.69) is 5.32 Å². The third kappa shape index (κ3) is 4.53. The number of carbonyl (C=O) groups is 3. The van der Waals surface area contributed by atoms with Gasteiger partial charge in [0.1, 0.15) is 11.6 Å². The average Bonchev–Trinajstić information content (AvgIpc) is 2.88. The maximum Gasteiger partial charge on any atom is 0.293 e. The van der Waals surface area contributed by atoms with E-state index in [4.69, 9.17) is 0 Å². The lowest BCUT2D eigenvalue weighted by Gasteiger charge is -2.12. The molecule has 8 heteroatoms. The zero-order valence-electron chi connectivity index (χ0n) is 14.0. The summed E-state index contributed by atoms with van der Waals surface area (Å²) in [5.41, 5.74) is 0.723. The highest BCUT2D eigenvalue weighted by Crippen LogP contribution is 2.32. The van der Waals surface area contributed by atoms with Crippen LogP contribution in [0.4, 0.5) is 14.9 Å². The molecule has 0 aliphatic carbocycles. The largest absolute Gasteiger partial charge is 0.506 e. The highest BCUT2D eigenvalue weighted by molar-refractivity contribution is 8.18. The zero-order valence-corrected chi connectivity index (χ0v) is 14.8. The van der Waals surface area contributed by atoms with Crippen LogP contribution in [0.5, 0.6) is 5.75 Å². The van der Waals surface area contributed by atoms with Crippen LogP contribution in [0.1, 0.15) is 12.0 Å². The monoisotopic (exact) mass is 386 g/mol. The number of halogens is 1. The van der Waals surface area contributed by atoms with Crippen molar-refractivity contribution in [2.75, 3.05) is 11.9 Å². The van der Waals surface area contributed by atoms with E-state index in [9.17, 15) is 23.9 Å². The van der Waals surface area contributed by atoms with Crippen LogP contribution in [0.2, 0.25) is 0 Å². The van der Waals surface area contributed by atoms with Gasteiger partial charge in [-0.05, 0) is 47.7 Å². The van der Waals surface area contributed by atoms with Gasteiger partial charge in [-0.1, -0.05) is 24.3 Å². The number of nitrogens with zero attached hydrogens (tertiary/aromatic N) is 1. The second-order valence-corrected chi connectivity index (χ2v) is 6.70. The van der Waals surface area contributed by atoms with E-state index in [0.717, 1.165) is 16.7 Å². The molecule has 1 fully saturated rings. The highest BCUT2D eigenvalue weighted by Gasteiger charge is 2.35. The molecule has 2 aromatic rings. The predicted molar refractivity (Wildman–Crippen MR) is 100 cm³/mol. The Morgan fingerprint density at radius 1 is 1.19 bits per heavy atom. The number of carbonyl (C=O) groups excluding carboxylic acids is 3. The number of nitrogens with one attached hydrogen (secondary N) is 1. The molecule has 0 aromatic heterocycles. The van der Waals surface area contributed by atoms with Crippen LogP contribution in [0.15, 0.2) is 53.4 Å². The van der Waals surface area contributed by atoms with Crippen molar-refractivity contribution in [3.05, 3.63) is 64.8 Å². The van der Waals surface area contributed by atoms with Crippen molar-refractivity contribution in [2.45, 2.75) is 6.42 Å². The number of hydrogen-bond donors (Lipinski definition) is 2. The van der Waals surface area contributed by atoms with E-state index in [1.165, 1.54) is 36.4 Å². The second-order valence-electron chi connectivity index (χ2n) is 5.70. The lowest BCUT2D eigenvalue weighted by atomic mass is 10.2. The standard InChI is InChI=1S/C19H15FN2O4S/c20-13-5-3-4-12(10-13)11-16-18(25)22(19(26)27-16)9-8-17(24)21-14-6-1-2-7-15(14)23/h1-7,10-11,23H,8-9H2,(H,21,24). The van der Waals surface area contributed by atoms with Crippen LogP contribution in [-0.4, -0.2) is 33.6 Å². The molecule has 27 heavy (non-hydrogen) atoms. The maximum atomic E-state index is 13.2. The van der Waals surface area contributed by atoms with E-state index in [1.807, 2.05) is 0 Å².